The van der Waals surface area contributed by atoms with Crippen molar-refractivity contribution in [2.24, 2.45) is 11.8 Å². The number of ether oxygens (including phenoxy) is 2. The van der Waals surface area contributed by atoms with Crippen molar-refractivity contribution < 1.29 is 23.0 Å². The maximum Gasteiger partial charge on any atom is 0.308 e. The third kappa shape index (κ3) is 3.90. The molecule has 1 aromatic heterocycles. The lowest BCUT2D eigenvalue weighted by Crippen LogP contribution is -2.33. The molecule has 0 amide bonds. The maximum atomic E-state index is 14.5. The molecule has 1 aliphatic heterocycles. The van der Waals surface area contributed by atoms with E-state index < -0.39 is 17.2 Å². The van der Waals surface area contributed by atoms with E-state index in [9.17, 15) is 13.6 Å². The second-order valence-electron chi connectivity index (χ2n) is 6.88. The number of rotatable bonds is 6. The molecule has 2 heterocycles. The second kappa shape index (κ2) is 7.49. The molecule has 0 radical (unpaired) electrons. The van der Waals surface area contributed by atoms with E-state index >= 15 is 0 Å². The van der Waals surface area contributed by atoms with Crippen molar-refractivity contribution in [3.05, 3.63) is 48.1 Å². The first-order chi connectivity index (χ1) is 12.4. The summed E-state index contributed by atoms with van der Waals surface area (Å²) >= 11 is 0. The first-order valence-corrected chi connectivity index (χ1v) is 8.48. The van der Waals surface area contributed by atoms with Crippen molar-refractivity contribution in [3.63, 3.8) is 0 Å². The highest BCUT2D eigenvalue weighted by Gasteiger charge is 2.44. The molecule has 1 saturated heterocycles. The largest absolute Gasteiger partial charge is 0.465 e. The van der Waals surface area contributed by atoms with Crippen LogP contribution in [0.2, 0.25) is 0 Å². The summed E-state index contributed by atoms with van der Waals surface area (Å²) < 4.78 is 40.6. The lowest BCUT2D eigenvalue weighted by molar-refractivity contribution is -0.148. The highest BCUT2D eigenvalue weighted by atomic mass is 19.1. The molecule has 6 nitrogen and oxygen atoms in total. The van der Waals surface area contributed by atoms with Crippen LogP contribution in [-0.4, -0.2) is 33.9 Å². The summed E-state index contributed by atoms with van der Waals surface area (Å²) in [6.45, 7) is 4.24. The SMILES string of the molecule is CC(C)C(=O)OC[C@H]1CO[C@@](Cn2cncn2)(c2ccc(F)cc2F)C1. The minimum Gasteiger partial charge on any atom is -0.465 e. The number of hydrogen-bond acceptors (Lipinski definition) is 5. The zero-order valence-electron chi connectivity index (χ0n) is 14.7. The molecule has 0 spiro atoms. The number of hydrogen-bond donors (Lipinski definition) is 0. The van der Waals surface area contributed by atoms with Crippen LogP contribution in [0.1, 0.15) is 25.8 Å². The molecule has 140 valence electrons. The van der Waals surface area contributed by atoms with Gasteiger partial charge in [-0.05, 0) is 12.5 Å². The fraction of sp³-hybridized carbons (Fsp3) is 0.500. The lowest BCUT2D eigenvalue weighted by atomic mass is 9.87. The van der Waals surface area contributed by atoms with Gasteiger partial charge in [0, 0.05) is 17.5 Å². The van der Waals surface area contributed by atoms with E-state index in [1.807, 2.05) is 0 Å². The first kappa shape index (κ1) is 18.4. The Hall–Kier alpha value is -2.35. The summed E-state index contributed by atoms with van der Waals surface area (Å²) in [6.07, 6.45) is 3.31. The number of nitrogens with zero attached hydrogens (tertiary/aromatic N) is 3. The topological polar surface area (TPSA) is 66.2 Å². The molecule has 2 aromatic rings. The Morgan fingerprint density at radius 3 is 2.92 bits per heavy atom. The highest BCUT2D eigenvalue weighted by molar-refractivity contribution is 5.71. The van der Waals surface area contributed by atoms with Gasteiger partial charge in [0.25, 0.3) is 0 Å². The molecule has 0 bridgehead atoms. The Kier molecular flexibility index (Phi) is 5.31. The zero-order valence-corrected chi connectivity index (χ0v) is 14.7. The molecule has 2 atom stereocenters. The number of halogens is 2. The minimum absolute atomic E-state index is 0.0920. The van der Waals surface area contributed by atoms with E-state index in [1.165, 1.54) is 24.8 Å². The third-order valence-corrected chi connectivity index (χ3v) is 4.45. The van der Waals surface area contributed by atoms with Gasteiger partial charge in [-0.1, -0.05) is 19.9 Å². The Labute approximate surface area is 150 Å². The summed E-state index contributed by atoms with van der Waals surface area (Å²) in [4.78, 5) is 15.6. The quantitative estimate of drug-likeness (QED) is 0.737. The number of benzene rings is 1. The van der Waals surface area contributed by atoms with Crippen molar-refractivity contribution in [2.75, 3.05) is 13.2 Å². The summed E-state index contributed by atoms with van der Waals surface area (Å²) in [5.74, 6) is -1.92. The van der Waals surface area contributed by atoms with Gasteiger partial charge in [-0.3, -0.25) is 4.79 Å². The van der Waals surface area contributed by atoms with Crippen molar-refractivity contribution in [1.29, 1.82) is 0 Å². The molecule has 8 heteroatoms. The van der Waals surface area contributed by atoms with Gasteiger partial charge in [-0.25, -0.2) is 18.4 Å². The van der Waals surface area contributed by atoms with Crippen LogP contribution in [0, 0.1) is 23.5 Å². The van der Waals surface area contributed by atoms with Crippen LogP contribution in [0.3, 0.4) is 0 Å². The summed E-state index contributed by atoms with van der Waals surface area (Å²) in [5.41, 5.74) is -0.771. The molecule has 1 fully saturated rings. The van der Waals surface area contributed by atoms with Crippen molar-refractivity contribution in [3.8, 4) is 0 Å². The van der Waals surface area contributed by atoms with Gasteiger partial charge in [0.1, 0.15) is 29.9 Å². The van der Waals surface area contributed by atoms with Gasteiger partial charge < -0.3 is 9.47 Å². The standard InChI is InChI=1S/C18H21F2N3O3/c1-12(2)17(24)25-7-13-6-18(26-8-13,9-23-11-21-10-22-23)15-4-3-14(19)5-16(15)20/h3-5,10-13H,6-9H2,1-2H3/t13-,18-/m0/s1. The van der Waals surface area contributed by atoms with Crippen molar-refractivity contribution in [2.45, 2.75) is 32.4 Å². The summed E-state index contributed by atoms with van der Waals surface area (Å²) in [6, 6.07) is 3.44. The number of aromatic nitrogens is 3. The Bertz CT molecular complexity index is 767. The Morgan fingerprint density at radius 1 is 1.46 bits per heavy atom. The lowest BCUT2D eigenvalue weighted by Gasteiger charge is -2.29. The smallest absolute Gasteiger partial charge is 0.308 e. The van der Waals surface area contributed by atoms with Gasteiger partial charge in [-0.2, -0.15) is 5.10 Å². The Morgan fingerprint density at radius 2 is 2.27 bits per heavy atom. The minimum atomic E-state index is -1.03. The summed E-state index contributed by atoms with van der Waals surface area (Å²) in [5, 5.41) is 4.06. The van der Waals surface area contributed by atoms with Crippen LogP contribution in [0.15, 0.2) is 30.9 Å². The molecular formula is C18H21F2N3O3. The van der Waals surface area contributed by atoms with Crippen molar-refractivity contribution >= 4 is 5.97 Å². The predicted octanol–water partition coefficient (Wildman–Crippen LogP) is 2.69. The first-order valence-electron chi connectivity index (χ1n) is 8.48. The fourth-order valence-corrected chi connectivity index (χ4v) is 3.15. The van der Waals surface area contributed by atoms with Gasteiger partial charge in [0.15, 0.2) is 0 Å². The average Bonchev–Trinajstić information content (AvgIpc) is 3.23. The van der Waals surface area contributed by atoms with Crippen LogP contribution in [0.4, 0.5) is 8.78 Å². The molecular weight excluding hydrogens is 344 g/mol. The number of carbonyl (C=O) groups is 1. The van der Waals surface area contributed by atoms with Crippen LogP contribution >= 0.6 is 0 Å². The van der Waals surface area contributed by atoms with Crippen LogP contribution in [0.25, 0.3) is 0 Å². The zero-order chi connectivity index (χ0) is 18.7. The highest BCUT2D eigenvalue weighted by Crippen LogP contribution is 2.41. The van der Waals surface area contributed by atoms with E-state index in [4.69, 9.17) is 9.47 Å². The van der Waals surface area contributed by atoms with E-state index in [0.717, 1.165) is 6.07 Å². The van der Waals surface area contributed by atoms with Gasteiger partial charge in [0.2, 0.25) is 0 Å². The average molecular weight is 365 g/mol. The third-order valence-electron chi connectivity index (χ3n) is 4.45. The summed E-state index contributed by atoms with van der Waals surface area (Å²) in [7, 11) is 0. The monoisotopic (exact) mass is 365 g/mol. The molecule has 26 heavy (non-hydrogen) atoms. The second-order valence-corrected chi connectivity index (χ2v) is 6.88. The molecule has 0 unspecified atom stereocenters. The molecule has 3 rings (SSSR count). The van der Waals surface area contributed by atoms with E-state index in [-0.39, 0.29) is 36.5 Å². The molecule has 1 aliphatic rings. The Balaban J connectivity index is 1.82. The number of carbonyl (C=O) groups excluding carboxylic acids is 1. The fourth-order valence-electron chi connectivity index (χ4n) is 3.15. The van der Waals surface area contributed by atoms with Crippen LogP contribution < -0.4 is 0 Å². The molecule has 1 aromatic carbocycles. The van der Waals surface area contributed by atoms with Crippen LogP contribution in [0.5, 0.6) is 0 Å². The molecule has 0 aliphatic carbocycles. The van der Waals surface area contributed by atoms with Crippen LogP contribution in [-0.2, 0) is 26.4 Å². The van der Waals surface area contributed by atoms with Gasteiger partial charge in [0.05, 0.1) is 25.7 Å². The predicted molar refractivity (Wildman–Crippen MR) is 87.9 cm³/mol. The molecule has 0 saturated carbocycles. The number of esters is 1. The maximum absolute atomic E-state index is 14.5. The van der Waals surface area contributed by atoms with Gasteiger partial charge in [-0.15, -0.1) is 0 Å². The van der Waals surface area contributed by atoms with E-state index in [1.54, 1.807) is 18.5 Å². The normalized spacial score (nSPS) is 22.7. The molecule has 0 N–H and O–H groups in total. The van der Waals surface area contributed by atoms with E-state index in [2.05, 4.69) is 10.1 Å². The van der Waals surface area contributed by atoms with E-state index in [0.29, 0.717) is 13.0 Å². The van der Waals surface area contributed by atoms with Gasteiger partial charge >= 0.3 is 5.97 Å². The van der Waals surface area contributed by atoms with Crippen molar-refractivity contribution in [1.82, 2.24) is 14.8 Å².